The Balaban J connectivity index is 1.51. The molecule has 7 heteroatoms. The van der Waals surface area contributed by atoms with Crippen LogP contribution in [-0.4, -0.2) is 27.1 Å². The summed E-state index contributed by atoms with van der Waals surface area (Å²) in [7, 11) is 0. The number of hydrogen-bond acceptors (Lipinski definition) is 5. The van der Waals surface area contributed by atoms with Crippen molar-refractivity contribution in [1.82, 2.24) is 14.9 Å². The maximum absolute atomic E-state index is 12.9. The zero-order valence-electron chi connectivity index (χ0n) is 19.6. The Morgan fingerprint density at radius 3 is 2.63 bits per heavy atom. The van der Waals surface area contributed by atoms with Crippen molar-refractivity contribution in [1.29, 1.82) is 5.26 Å². The summed E-state index contributed by atoms with van der Waals surface area (Å²) >= 11 is 1.68. The van der Waals surface area contributed by atoms with Gasteiger partial charge >= 0.3 is 0 Å². The Bertz CT molecular complexity index is 1310. The molecule has 2 N–H and O–H groups in total. The summed E-state index contributed by atoms with van der Waals surface area (Å²) in [6, 6.07) is 25.5. The number of imidazole rings is 1. The Hall–Kier alpha value is -4.02. The fraction of sp³-hybridized carbons (Fsp3) is 0.179. The molecule has 4 rings (SSSR count). The highest BCUT2D eigenvalue weighted by Gasteiger charge is 2.14. The van der Waals surface area contributed by atoms with Gasteiger partial charge < -0.3 is 15.2 Å². The number of rotatable bonds is 10. The molecular formula is C28H27N5OS. The van der Waals surface area contributed by atoms with Gasteiger partial charge in [-0.1, -0.05) is 49.4 Å². The predicted octanol–water partition coefficient (Wildman–Crippen LogP) is 5.52. The lowest BCUT2D eigenvalue weighted by molar-refractivity contribution is 0.0961. The molecule has 1 amide bonds. The van der Waals surface area contributed by atoms with E-state index in [-0.39, 0.29) is 5.91 Å². The topological polar surface area (TPSA) is 82.7 Å². The van der Waals surface area contributed by atoms with E-state index in [1.807, 2.05) is 85.3 Å². The van der Waals surface area contributed by atoms with Gasteiger partial charge in [-0.05, 0) is 52.8 Å². The molecule has 0 bridgehead atoms. The van der Waals surface area contributed by atoms with Gasteiger partial charge in [-0.15, -0.1) is 11.8 Å². The van der Waals surface area contributed by atoms with Crippen molar-refractivity contribution in [3.8, 4) is 17.2 Å². The van der Waals surface area contributed by atoms with Gasteiger partial charge in [-0.3, -0.25) is 4.79 Å². The zero-order chi connectivity index (χ0) is 24.5. The van der Waals surface area contributed by atoms with Gasteiger partial charge in [0, 0.05) is 24.0 Å². The molecule has 0 spiro atoms. The van der Waals surface area contributed by atoms with Crippen molar-refractivity contribution < 1.29 is 4.79 Å². The van der Waals surface area contributed by atoms with Crippen LogP contribution in [0, 0.1) is 11.3 Å². The number of hydrogen-bond donors (Lipinski definition) is 2. The third-order valence-electron chi connectivity index (χ3n) is 5.60. The summed E-state index contributed by atoms with van der Waals surface area (Å²) < 4.78 is 2.08. The maximum Gasteiger partial charge on any atom is 0.252 e. The lowest BCUT2D eigenvalue weighted by Crippen LogP contribution is -2.23. The van der Waals surface area contributed by atoms with Gasteiger partial charge in [0.2, 0.25) is 0 Å². The van der Waals surface area contributed by atoms with Crippen molar-refractivity contribution in [2.75, 3.05) is 16.9 Å². The molecule has 0 aliphatic carbocycles. The van der Waals surface area contributed by atoms with Crippen LogP contribution < -0.4 is 10.6 Å². The van der Waals surface area contributed by atoms with Crippen molar-refractivity contribution in [3.05, 3.63) is 108 Å². The quantitative estimate of drug-likeness (QED) is 0.230. The smallest absolute Gasteiger partial charge is 0.252 e. The standard InChI is InChI=1S/C28H27N5OS/c1-2-35-20-32-28(34)26-13-12-24(14-27(26)23-6-4-3-5-7-23)31-17-25-16-30-19-33(25)18-22-10-8-21(15-29)9-11-22/h3-14,16,19,31H,2,17-18,20H2,1H3,(H,32,34). The Labute approximate surface area is 210 Å². The van der Waals surface area contributed by atoms with E-state index >= 15 is 0 Å². The van der Waals surface area contributed by atoms with Crippen LogP contribution in [0.2, 0.25) is 0 Å². The zero-order valence-corrected chi connectivity index (χ0v) is 20.4. The average molecular weight is 482 g/mol. The lowest BCUT2D eigenvalue weighted by Gasteiger charge is -2.14. The fourth-order valence-electron chi connectivity index (χ4n) is 3.73. The molecule has 35 heavy (non-hydrogen) atoms. The number of aromatic nitrogens is 2. The number of nitriles is 1. The summed E-state index contributed by atoms with van der Waals surface area (Å²) in [6.45, 7) is 3.33. The first kappa shape index (κ1) is 24.1. The number of amides is 1. The second kappa shape index (κ2) is 11.9. The van der Waals surface area contributed by atoms with Crippen LogP contribution in [0.5, 0.6) is 0 Å². The SMILES string of the molecule is CCSCNC(=O)c1ccc(NCc2cncn2Cc2ccc(C#N)cc2)cc1-c1ccccc1. The van der Waals surface area contributed by atoms with Crippen LogP contribution in [0.15, 0.2) is 85.3 Å². The van der Waals surface area contributed by atoms with Crippen LogP contribution in [0.25, 0.3) is 11.1 Å². The summed E-state index contributed by atoms with van der Waals surface area (Å²) in [4.78, 5) is 17.2. The Kier molecular flexibility index (Phi) is 8.21. The number of carbonyl (C=O) groups is 1. The number of carbonyl (C=O) groups excluding carboxylic acids is 1. The first-order chi connectivity index (χ1) is 17.2. The lowest BCUT2D eigenvalue weighted by atomic mass is 9.98. The van der Waals surface area contributed by atoms with Crippen molar-refractivity contribution in [2.45, 2.75) is 20.0 Å². The Morgan fingerprint density at radius 2 is 1.89 bits per heavy atom. The van der Waals surface area contributed by atoms with E-state index in [0.29, 0.717) is 30.1 Å². The molecule has 4 aromatic rings. The number of anilines is 1. The summed E-state index contributed by atoms with van der Waals surface area (Å²) in [5.74, 6) is 1.47. The first-order valence-electron chi connectivity index (χ1n) is 11.4. The van der Waals surface area contributed by atoms with Crippen molar-refractivity contribution >= 4 is 23.4 Å². The number of nitrogens with one attached hydrogen (secondary N) is 2. The minimum atomic E-state index is -0.0724. The summed E-state index contributed by atoms with van der Waals surface area (Å²) in [5.41, 5.74) is 6.26. The molecule has 1 heterocycles. The van der Waals surface area contributed by atoms with Crippen LogP contribution in [0.1, 0.15) is 34.1 Å². The van der Waals surface area contributed by atoms with Gasteiger partial charge in [0.05, 0.1) is 36.1 Å². The van der Waals surface area contributed by atoms with E-state index in [1.165, 1.54) is 0 Å². The normalized spacial score (nSPS) is 10.5. The van der Waals surface area contributed by atoms with Crippen molar-refractivity contribution in [2.24, 2.45) is 0 Å². The van der Waals surface area contributed by atoms with Gasteiger partial charge in [-0.25, -0.2) is 4.98 Å². The summed E-state index contributed by atoms with van der Waals surface area (Å²) in [5, 5.41) is 15.5. The summed E-state index contributed by atoms with van der Waals surface area (Å²) in [6.07, 6.45) is 3.66. The molecule has 6 nitrogen and oxygen atoms in total. The minimum absolute atomic E-state index is 0.0724. The van der Waals surface area contributed by atoms with Crippen LogP contribution in [0.3, 0.4) is 0 Å². The monoisotopic (exact) mass is 481 g/mol. The predicted molar refractivity (Wildman–Crippen MR) is 142 cm³/mol. The van der Waals surface area contributed by atoms with Gasteiger partial charge in [0.25, 0.3) is 5.91 Å². The van der Waals surface area contributed by atoms with Gasteiger partial charge in [-0.2, -0.15) is 5.26 Å². The average Bonchev–Trinajstić information content (AvgIpc) is 3.35. The van der Waals surface area contributed by atoms with E-state index < -0.39 is 0 Å². The van der Waals surface area contributed by atoms with Crippen LogP contribution >= 0.6 is 11.8 Å². The third kappa shape index (κ3) is 6.31. The molecule has 0 aliphatic heterocycles. The van der Waals surface area contributed by atoms with Gasteiger partial charge in [0.15, 0.2) is 0 Å². The molecule has 0 fully saturated rings. The van der Waals surface area contributed by atoms with Crippen LogP contribution in [0.4, 0.5) is 5.69 Å². The molecule has 0 atom stereocenters. The largest absolute Gasteiger partial charge is 0.379 e. The highest BCUT2D eigenvalue weighted by molar-refractivity contribution is 7.99. The minimum Gasteiger partial charge on any atom is -0.379 e. The molecule has 176 valence electrons. The van der Waals surface area contributed by atoms with E-state index in [4.69, 9.17) is 5.26 Å². The molecule has 0 aliphatic rings. The van der Waals surface area contributed by atoms with Crippen molar-refractivity contribution in [3.63, 3.8) is 0 Å². The van der Waals surface area contributed by atoms with E-state index in [9.17, 15) is 4.79 Å². The highest BCUT2D eigenvalue weighted by Crippen LogP contribution is 2.27. The molecule has 0 radical (unpaired) electrons. The maximum atomic E-state index is 12.9. The molecule has 1 aromatic heterocycles. The molecule has 0 unspecified atom stereocenters. The first-order valence-corrected chi connectivity index (χ1v) is 12.6. The molecular weight excluding hydrogens is 454 g/mol. The molecule has 0 saturated carbocycles. The number of nitrogens with zero attached hydrogens (tertiary/aromatic N) is 3. The Morgan fingerprint density at radius 1 is 1.09 bits per heavy atom. The highest BCUT2D eigenvalue weighted by atomic mass is 32.2. The number of thioether (sulfide) groups is 1. The second-order valence-electron chi connectivity index (χ2n) is 7.94. The number of benzene rings is 3. The van der Waals surface area contributed by atoms with E-state index in [2.05, 4.69) is 33.2 Å². The second-order valence-corrected chi connectivity index (χ2v) is 9.22. The fourth-order valence-corrected chi connectivity index (χ4v) is 4.17. The molecule has 0 saturated heterocycles. The molecule has 3 aromatic carbocycles. The van der Waals surface area contributed by atoms with Crippen LogP contribution in [-0.2, 0) is 13.1 Å². The van der Waals surface area contributed by atoms with E-state index in [1.54, 1.807) is 11.8 Å². The van der Waals surface area contributed by atoms with Gasteiger partial charge in [0.1, 0.15) is 0 Å². The van der Waals surface area contributed by atoms with E-state index in [0.717, 1.165) is 33.8 Å². The third-order valence-corrected chi connectivity index (χ3v) is 6.35.